The van der Waals surface area contributed by atoms with Crippen molar-refractivity contribution in [2.75, 3.05) is 13.2 Å². The highest BCUT2D eigenvalue weighted by Gasteiger charge is 2.16. The Balaban J connectivity index is 3.56. The van der Waals surface area contributed by atoms with E-state index in [4.69, 9.17) is 9.47 Å². The van der Waals surface area contributed by atoms with Crippen LogP contribution in [0.1, 0.15) is 187 Å². The van der Waals surface area contributed by atoms with E-state index in [0.29, 0.717) is 12.8 Å². The van der Waals surface area contributed by atoms with Crippen molar-refractivity contribution < 1.29 is 24.2 Å². The average Bonchev–Trinajstić information content (AvgIpc) is 3.07. The smallest absolute Gasteiger partial charge is 0.306 e. The van der Waals surface area contributed by atoms with Crippen molar-refractivity contribution in [1.82, 2.24) is 0 Å². The Morgan fingerprint density at radius 1 is 0.489 bits per heavy atom. The molecule has 0 aromatic rings. The van der Waals surface area contributed by atoms with Gasteiger partial charge in [0.1, 0.15) is 6.61 Å². The molecule has 0 heterocycles. The van der Waals surface area contributed by atoms with Crippen LogP contribution in [0.15, 0.2) is 48.6 Å². The number of aliphatic hydroxyl groups excluding tert-OH is 1. The Bertz CT molecular complexity index is 797. The number of allylic oxidation sites excluding steroid dienone is 8. The molecule has 0 radical (unpaired) electrons. The van der Waals surface area contributed by atoms with Crippen LogP contribution in [-0.4, -0.2) is 36.4 Å². The molecule has 0 aromatic heterocycles. The maximum absolute atomic E-state index is 12.2. The van der Waals surface area contributed by atoms with Crippen molar-refractivity contribution in [3.63, 3.8) is 0 Å². The first-order chi connectivity index (χ1) is 23.1. The van der Waals surface area contributed by atoms with Crippen molar-refractivity contribution >= 4 is 11.9 Å². The molecular formula is C42H74O5. The fourth-order valence-electron chi connectivity index (χ4n) is 5.33. The van der Waals surface area contributed by atoms with Crippen LogP contribution in [0.25, 0.3) is 0 Å². The number of hydrogen-bond acceptors (Lipinski definition) is 5. The summed E-state index contributed by atoms with van der Waals surface area (Å²) in [5.41, 5.74) is 0. The Morgan fingerprint density at radius 2 is 0.894 bits per heavy atom. The highest BCUT2D eigenvalue weighted by molar-refractivity contribution is 5.70. The van der Waals surface area contributed by atoms with Crippen LogP contribution in [-0.2, 0) is 19.1 Å². The third kappa shape index (κ3) is 36.5. The second-order valence-electron chi connectivity index (χ2n) is 13.0. The number of ether oxygens (including phenoxy) is 2. The van der Waals surface area contributed by atoms with Gasteiger partial charge in [-0.1, -0.05) is 152 Å². The maximum atomic E-state index is 12.2. The maximum Gasteiger partial charge on any atom is 0.306 e. The quantitative estimate of drug-likeness (QED) is 0.0417. The van der Waals surface area contributed by atoms with E-state index >= 15 is 0 Å². The zero-order chi connectivity index (χ0) is 34.3. The minimum atomic E-state index is -0.777. The summed E-state index contributed by atoms with van der Waals surface area (Å²) in [4.78, 5) is 24.2. The van der Waals surface area contributed by atoms with E-state index in [1.807, 2.05) is 0 Å². The van der Waals surface area contributed by atoms with Gasteiger partial charge in [-0.15, -0.1) is 0 Å². The Kier molecular flexibility index (Phi) is 36.6. The molecule has 1 unspecified atom stereocenters. The Labute approximate surface area is 290 Å². The summed E-state index contributed by atoms with van der Waals surface area (Å²) < 4.78 is 10.6. The van der Waals surface area contributed by atoms with Gasteiger partial charge in [-0.3, -0.25) is 9.59 Å². The molecule has 47 heavy (non-hydrogen) atoms. The largest absolute Gasteiger partial charge is 0.462 e. The molecule has 5 heteroatoms. The van der Waals surface area contributed by atoms with Gasteiger partial charge in [-0.05, 0) is 70.6 Å². The van der Waals surface area contributed by atoms with E-state index in [9.17, 15) is 14.7 Å². The number of hydrogen-bond donors (Lipinski definition) is 1. The van der Waals surface area contributed by atoms with Crippen molar-refractivity contribution in [2.45, 2.75) is 193 Å². The zero-order valence-corrected chi connectivity index (χ0v) is 30.8. The zero-order valence-electron chi connectivity index (χ0n) is 30.8. The number of esters is 2. The number of unbranched alkanes of at least 4 members (excludes halogenated alkanes) is 19. The van der Waals surface area contributed by atoms with Gasteiger partial charge in [0.05, 0.1) is 6.61 Å². The third-order valence-electron chi connectivity index (χ3n) is 8.33. The predicted octanol–water partition coefficient (Wildman–Crippen LogP) is 12.2. The molecule has 0 saturated heterocycles. The average molecular weight is 659 g/mol. The Morgan fingerprint density at radius 3 is 1.38 bits per heavy atom. The number of aliphatic hydroxyl groups is 1. The van der Waals surface area contributed by atoms with Gasteiger partial charge in [0.2, 0.25) is 0 Å². The molecule has 272 valence electrons. The molecule has 0 aromatic carbocycles. The van der Waals surface area contributed by atoms with Crippen LogP contribution in [0.4, 0.5) is 0 Å². The van der Waals surface area contributed by atoms with Gasteiger partial charge in [-0.25, -0.2) is 0 Å². The highest BCUT2D eigenvalue weighted by Crippen LogP contribution is 2.13. The molecule has 0 bridgehead atoms. The SMILES string of the molecule is CCC/C=C\CCCCCCCC(=O)OCC(CO)OC(=O)CCCCCCCCCC/C=C\C/C=C\C/C=C\CCCCCCC. The van der Waals surface area contributed by atoms with Crippen LogP contribution in [0, 0.1) is 0 Å². The van der Waals surface area contributed by atoms with E-state index in [1.165, 1.54) is 96.3 Å². The summed E-state index contributed by atoms with van der Waals surface area (Å²) in [7, 11) is 0. The molecule has 5 nitrogen and oxygen atoms in total. The number of carbonyl (C=O) groups is 2. The molecule has 0 saturated carbocycles. The van der Waals surface area contributed by atoms with Gasteiger partial charge in [0.15, 0.2) is 6.10 Å². The molecule has 0 aliphatic rings. The van der Waals surface area contributed by atoms with Crippen LogP contribution >= 0.6 is 0 Å². The molecule has 0 spiro atoms. The van der Waals surface area contributed by atoms with Crippen LogP contribution in [0.5, 0.6) is 0 Å². The summed E-state index contributed by atoms with van der Waals surface area (Å²) in [6.45, 7) is 4.04. The normalized spacial score (nSPS) is 12.7. The van der Waals surface area contributed by atoms with E-state index < -0.39 is 6.10 Å². The fourth-order valence-corrected chi connectivity index (χ4v) is 5.33. The summed E-state index contributed by atoms with van der Waals surface area (Å²) in [6, 6.07) is 0. The third-order valence-corrected chi connectivity index (χ3v) is 8.33. The fraction of sp³-hybridized carbons (Fsp3) is 0.762. The second kappa shape index (κ2) is 38.3. The first kappa shape index (κ1) is 44.9. The minimum Gasteiger partial charge on any atom is -0.462 e. The van der Waals surface area contributed by atoms with Gasteiger partial charge in [0, 0.05) is 12.8 Å². The van der Waals surface area contributed by atoms with Gasteiger partial charge in [0.25, 0.3) is 0 Å². The molecule has 1 N–H and O–H groups in total. The summed E-state index contributed by atoms with van der Waals surface area (Å²) in [5, 5.41) is 9.53. The topological polar surface area (TPSA) is 72.8 Å². The number of carbonyl (C=O) groups excluding carboxylic acids is 2. The molecule has 0 amide bonds. The summed E-state index contributed by atoms with van der Waals surface area (Å²) >= 11 is 0. The predicted molar refractivity (Wildman–Crippen MR) is 200 cm³/mol. The molecule has 0 aliphatic carbocycles. The molecular weight excluding hydrogens is 584 g/mol. The lowest BCUT2D eigenvalue weighted by molar-refractivity contribution is -0.161. The monoisotopic (exact) mass is 659 g/mol. The van der Waals surface area contributed by atoms with Gasteiger partial charge in [-0.2, -0.15) is 0 Å². The lowest BCUT2D eigenvalue weighted by Crippen LogP contribution is -2.28. The van der Waals surface area contributed by atoms with Gasteiger partial charge < -0.3 is 14.6 Å². The number of rotatable bonds is 35. The lowest BCUT2D eigenvalue weighted by Gasteiger charge is -2.15. The van der Waals surface area contributed by atoms with E-state index in [0.717, 1.165) is 64.2 Å². The van der Waals surface area contributed by atoms with Crippen molar-refractivity contribution in [1.29, 1.82) is 0 Å². The summed E-state index contributed by atoms with van der Waals surface area (Å²) in [5.74, 6) is -0.614. The minimum absolute atomic E-state index is 0.0742. The Hall–Kier alpha value is -2.14. The highest BCUT2D eigenvalue weighted by atomic mass is 16.6. The van der Waals surface area contributed by atoms with Crippen molar-refractivity contribution in [3.05, 3.63) is 48.6 Å². The van der Waals surface area contributed by atoms with E-state index in [-0.39, 0.29) is 25.2 Å². The first-order valence-corrected chi connectivity index (χ1v) is 19.7. The van der Waals surface area contributed by atoms with Crippen molar-refractivity contribution in [2.24, 2.45) is 0 Å². The van der Waals surface area contributed by atoms with Gasteiger partial charge >= 0.3 is 11.9 Å². The van der Waals surface area contributed by atoms with E-state index in [1.54, 1.807) is 0 Å². The lowest BCUT2D eigenvalue weighted by atomic mass is 10.1. The van der Waals surface area contributed by atoms with Crippen LogP contribution in [0.3, 0.4) is 0 Å². The van der Waals surface area contributed by atoms with Crippen LogP contribution < -0.4 is 0 Å². The molecule has 0 rings (SSSR count). The van der Waals surface area contributed by atoms with Crippen molar-refractivity contribution in [3.8, 4) is 0 Å². The van der Waals surface area contributed by atoms with E-state index in [2.05, 4.69) is 62.5 Å². The standard InChI is InChI=1S/C42H74O5/c1-3-5-7-9-11-13-15-16-17-18-19-20-21-22-23-24-25-26-27-29-31-33-35-37-42(45)47-40(38-43)39-46-41(44)36-34-32-30-28-14-12-10-8-6-4-2/h8,10,15-16,18-19,21-22,40,43H,3-7,9,11-14,17,20,23-39H2,1-2H3/b10-8-,16-15-,19-18-,22-21-. The molecule has 0 aliphatic heterocycles. The molecule has 0 fully saturated rings. The molecule has 1 atom stereocenters. The summed E-state index contributed by atoms with van der Waals surface area (Å²) in [6.07, 6.45) is 47.5. The van der Waals surface area contributed by atoms with Crippen LogP contribution in [0.2, 0.25) is 0 Å². The second-order valence-corrected chi connectivity index (χ2v) is 13.0. The first-order valence-electron chi connectivity index (χ1n) is 19.7.